The number of aliphatic hydroxyl groups excluding tert-OH is 2. The number of hydrogen-bond donors (Lipinski definition) is 3. The van der Waals surface area contributed by atoms with Crippen LogP contribution in [0.4, 0.5) is 21.2 Å². The molecule has 57 heavy (non-hydrogen) atoms. The van der Waals surface area contributed by atoms with Gasteiger partial charge in [-0.25, -0.2) is 0 Å². The van der Waals surface area contributed by atoms with Gasteiger partial charge in [0.2, 0.25) is 20.2 Å². The second-order valence-corrected chi connectivity index (χ2v) is 20.5. The Bertz CT molecular complexity index is 2000. The van der Waals surface area contributed by atoms with Gasteiger partial charge in [0.15, 0.2) is 5.60 Å². The summed E-state index contributed by atoms with van der Waals surface area (Å²) in [5.74, 6) is -0.553. The second-order valence-electron chi connectivity index (χ2n) is 16.3. The van der Waals surface area contributed by atoms with Crippen molar-refractivity contribution in [2.24, 2.45) is 5.92 Å². The summed E-state index contributed by atoms with van der Waals surface area (Å²) in [6.45, 7) is 8.69. The van der Waals surface area contributed by atoms with Crippen LogP contribution >= 0.6 is 11.6 Å². The summed E-state index contributed by atoms with van der Waals surface area (Å²) in [4.78, 5) is 48.1. The van der Waals surface area contributed by atoms with Gasteiger partial charge >= 0.3 is 0 Å². The lowest BCUT2D eigenvalue weighted by Crippen LogP contribution is -2.49. The van der Waals surface area contributed by atoms with Crippen molar-refractivity contribution in [3.05, 3.63) is 82.4 Å². The Balaban J connectivity index is 1.21. The molecular weight excluding hydrogens is 767 g/mol. The molecule has 4 aliphatic heterocycles. The molecule has 0 bridgehead atoms. The minimum atomic E-state index is -3.54. The standard InChI is InChI=1S/C43H54ClFN4O7Si/c1-5-55-33-14-16-36-29(21-33)22-35(46-17-6-7-19-50)41(53)49(36)31-11-8-10-28(20-31)25-48-37-15-13-30(44)23-34(37)43(42(48)54)27(2)40(57(3,4)45)38(56-43)24-39(52)47-18-9-12-32(47)26-51/h8,10-11,13-16,20-21,23,27,32,35,38,40,46,50-51H,5-7,9,12,17-19,22,24-26H2,1-4H3/t27-,32-,35?,38+,40-,43+/m0/s1. The normalized spacial score (nSPS) is 25.8. The van der Waals surface area contributed by atoms with Gasteiger partial charge in [-0.3, -0.25) is 19.3 Å². The molecule has 14 heteroatoms. The molecule has 3 N–H and O–H groups in total. The molecule has 4 heterocycles. The number of anilines is 3. The number of aliphatic hydroxyl groups is 2. The van der Waals surface area contributed by atoms with E-state index in [9.17, 15) is 19.8 Å². The van der Waals surface area contributed by atoms with Crippen LogP contribution in [0.3, 0.4) is 0 Å². The van der Waals surface area contributed by atoms with Crippen LogP contribution in [-0.4, -0.2) is 92.3 Å². The number of amides is 3. The zero-order valence-corrected chi connectivity index (χ0v) is 34.9. The maximum atomic E-state index is 16.5. The number of likely N-dealkylation sites (tertiary alicyclic amines) is 1. The summed E-state index contributed by atoms with van der Waals surface area (Å²) >= 11 is 6.60. The molecule has 0 aliphatic carbocycles. The maximum absolute atomic E-state index is 16.5. The average Bonchev–Trinajstić information content (AvgIpc) is 3.84. The lowest BCUT2D eigenvalue weighted by molar-refractivity contribution is -0.150. The number of carbonyl (C=O) groups is 3. The van der Waals surface area contributed by atoms with E-state index in [1.54, 1.807) is 46.0 Å². The molecule has 1 spiro atoms. The third kappa shape index (κ3) is 7.74. The molecule has 306 valence electrons. The van der Waals surface area contributed by atoms with Gasteiger partial charge in [-0.15, -0.1) is 0 Å². The topological polar surface area (TPSA) is 132 Å². The van der Waals surface area contributed by atoms with E-state index in [2.05, 4.69) is 5.32 Å². The van der Waals surface area contributed by atoms with Crippen molar-refractivity contribution >= 4 is 54.8 Å². The summed E-state index contributed by atoms with van der Waals surface area (Å²) in [5.41, 5.74) is 2.02. The Morgan fingerprint density at radius 3 is 2.61 bits per heavy atom. The number of hydrogen-bond acceptors (Lipinski definition) is 8. The van der Waals surface area contributed by atoms with Crippen LogP contribution in [0, 0.1) is 5.92 Å². The SMILES string of the molecule is CCOc1ccc2c(c1)CC(NCCCCO)C(=O)N2c1cccc(CN2C(=O)[C@]3(O[C@H](CC(=O)N4CCC[C@H]4CO)[C@@H]([Si](C)(C)F)[C@@H]3C)c3cc(Cl)ccc32)c1. The number of fused-ring (bicyclic) bond motifs is 3. The highest BCUT2D eigenvalue weighted by Crippen LogP contribution is 2.60. The van der Waals surface area contributed by atoms with Crippen molar-refractivity contribution in [2.75, 3.05) is 42.7 Å². The van der Waals surface area contributed by atoms with Gasteiger partial charge in [-0.05, 0) is 118 Å². The predicted molar refractivity (Wildman–Crippen MR) is 220 cm³/mol. The minimum Gasteiger partial charge on any atom is -0.494 e. The van der Waals surface area contributed by atoms with Gasteiger partial charge in [-0.2, -0.15) is 0 Å². The Kier molecular flexibility index (Phi) is 12.2. The molecule has 6 atom stereocenters. The van der Waals surface area contributed by atoms with E-state index in [1.165, 1.54) is 0 Å². The first-order valence-corrected chi connectivity index (χ1v) is 23.6. The van der Waals surface area contributed by atoms with Gasteiger partial charge in [0.05, 0.1) is 55.7 Å². The third-order valence-electron chi connectivity index (χ3n) is 12.2. The lowest BCUT2D eigenvalue weighted by Gasteiger charge is -2.35. The van der Waals surface area contributed by atoms with E-state index in [1.807, 2.05) is 56.3 Å². The van der Waals surface area contributed by atoms with E-state index >= 15 is 8.90 Å². The number of nitrogens with one attached hydrogen (secondary N) is 1. The first-order valence-electron chi connectivity index (χ1n) is 20.2. The van der Waals surface area contributed by atoms with E-state index < -0.39 is 37.6 Å². The fourth-order valence-corrected chi connectivity index (χ4v) is 12.4. The number of benzene rings is 3. The van der Waals surface area contributed by atoms with Gasteiger partial charge < -0.3 is 38.9 Å². The number of unbranched alkanes of at least 4 members (excludes halogenated alkanes) is 1. The highest BCUT2D eigenvalue weighted by atomic mass is 35.5. The molecular formula is C43H54ClFN4O7Si. The van der Waals surface area contributed by atoms with Crippen LogP contribution in [0.2, 0.25) is 23.7 Å². The third-order valence-corrected chi connectivity index (χ3v) is 14.9. The number of rotatable bonds is 14. The highest BCUT2D eigenvalue weighted by Gasteiger charge is 2.67. The Morgan fingerprint density at radius 2 is 1.88 bits per heavy atom. The molecule has 3 amide bonds. The van der Waals surface area contributed by atoms with Crippen molar-refractivity contribution < 1.29 is 38.2 Å². The van der Waals surface area contributed by atoms with Gasteiger partial charge in [0.25, 0.3) is 5.91 Å². The number of carbonyl (C=O) groups excluding carboxylic acids is 3. The van der Waals surface area contributed by atoms with Gasteiger partial charge in [0, 0.05) is 40.9 Å². The molecule has 4 aliphatic rings. The fourth-order valence-electron chi connectivity index (χ4n) is 9.72. The molecule has 0 aromatic heterocycles. The molecule has 3 aromatic rings. The zero-order valence-electron chi connectivity index (χ0n) is 33.2. The summed E-state index contributed by atoms with van der Waals surface area (Å²) in [6, 6.07) is 17.8. The summed E-state index contributed by atoms with van der Waals surface area (Å²) in [7, 11) is -3.54. The number of ether oxygens (including phenoxy) is 2. The van der Waals surface area contributed by atoms with E-state index in [0.717, 1.165) is 35.4 Å². The van der Waals surface area contributed by atoms with Crippen LogP contribution in [0.1, 0.15) is 62.6 Å². The Hall–Kier alpha value is -3.85. The van der Waals surface area contributed by atoms with Crippen LogP contribution in [0.25, 0.3) is 0 Å². The van der Waals surface area contributed by atoms with Crippen molar-refractivity contribution in [1.29, 1.82) is 0 Å². The van der Waals surface area contributed by atoms with Crippen LogP contribution in [0.15, 0.2) is 60.7 Å². The smallest absolute Gasteiger partial charge is 0.264 e. The maximum Gasteiger partial charge on any atom is 0.264 e. The second kappa shape index (κ2) is 16.8. The fraction of sp³-hybridized carbons (Fsp3) is 0.512. The molecule has 11 nitrogen and oxygen atoms in total. The zero-order chi connectivity index (χ0) is 40.6. The molecule has 7 rings (SSSR count). The van der Waals surface area contributed by atoms with Crippen LogP contribution in [-0.2, 0) is 37.7 Å². The van der Waals surface area contributed by atoms with E-state index in [0.29, 0.717) is 60.9 Å². The molecule has 2 fully saturated rings. The van der Waals surface area contributed by atoms with E-state index in [4.69, 9.17) is 21.1 Å². The monoisotopic (exact) mass is 820 g/mol. The van der Waals surface area contributed by atoms with E-state index in [-0.39, 0.29) is 49.9 Å². The van der Waals surface area contributed by atoms with Crippen molar-refractivity contribution in [1.82, 2.24) is 10.2 Å². The van der Waals surface area contributed by atoms with Crippen molar-refractivity contribution in [3.8, 4) is 5.75 Å². The molecule has 1 unspecified atom stereocenters. The van der Waals surface area contributed by atoms with Crippen molar-refractivity contribution in [3.63, 3.8) is 0 Å². The summed E-state index contributed by atoms with van der Waals surface area (Å²) < 4.78 is 29.1. The molecule has 0 saturated carbocycles. The highest BCUT2D eigenvalue weighted by molar-refractivity contribution is 6.72. The molecule has 2 saturated heterocycles. The number of nitrogens with zero attached hydrogens (tertiary/aromatic N) is 3. The Morgan fingerprint density at radius 1 is 1.09 bits per heavy atom. The minimum absolute atomic E-state index is 0.0872. The largest absolute Gasteiger partial charge is 0.494 e. The number of halogens is 2. The van der Waals surface area contributed by atoms with Crippen LogP contribution in [0.5, 0.6) is 5.75 Å². The first-order chi connectivity index (χ1) is 27.3. The quantitative estimate of drug-likeness (QED) is 0.0970. The lowest BCUT2D eigenvalue weighted by atomic mass is 9.82. The van der Waals surface area contributed by atoms with Gasteiger partial charge in [-0.1, -0.05) is 30.7 Å². The predicted octanol–water partition coefficient (Wildman–Crippen LogP) is 6.39. The first kappa shape index (κ1) is 41.3. The van der Waals surface area contributed by atoms with Crippen LogP contribution < -0.4 is 19.9 Å². The molecule has 0 radical (unpaired) electrons. The van der Waals surface area contributed by atoms with Gasteiger partial charge in [0.1, 0.15) is 5.75 Å². The summed E-state index contributed by atoms with van der Waals surface area (Å²) in [5, 5.41) is 23.0. The molecule has 3 aromatic carbocycles. The Labute approximate surface area is 340 Å². The average molecular weight is 821 g/mol. The van der Waals surface area contributed by atoms with Crippen molar-refractivity contribution in [2.45, 2.75) is 101 Å². The summed E-state index contributed by atoms with van der Waals surface area (Å²) in [6.07, 6.45) is 2.40.